The number of hydrogen-bond donors (Lipinski definition) is 1. The van der Waals surface area contributed by atoms with Gasteiger partial charge in [-0.1, -0.05) is 26.8 Å². The minimum Gasteiger partial charge on any atom is -0.395 e. The highest BCUT2D eigenvalue weighted by atomic mass is 19.3. The van der Waals surface area contributed by atoms with E-state index in [0.717, 1.165) is 24.1 Å². The van der Waals surface area contributed by atoms with Crippen LogP contribution in [-0.4, -0.2) is 24.8 Å². The van der Waals surface area contributed by atoms with Crippen molar-refractivity contribution in [2.45, 2.75) is 70.6 Å². The first-order valence-electron chi connectivity index (χ1n) is 12.1. The molecule has 0 radical (unpaired) electrons. The van der Waals surface area contributed by atoms with Crippen LogP contribution in [0.5, 0.6) is 11.5 Å². The predicted molar refractivity (Wildman–Crippen MR) is 128 cm³/mol. The van der Waals surface area contributed by atoms with Gasteiger partial charge in [0, 0.05) is 24.0 Å². The molecule has 0 bridgehead atoms. The highest BCUT2D eigenvalue weighted by molar-refractivity contribution is 6.01. The molecule has 6 nitrogen and oxygen atoms in total. The van der Waals surface area contributed by atoms with Gasteiger partial charge in [0.15, 0.2) is 11.5 Å². The van der Waals surface area contributed by atoms with Gasteiger partial charge in [-0.05, 0) is 72.6 Å². The molecule has 1 aliphatic carbocycles. The highest BCUT2D eigenvalue weighted by Crippen LogP contribution is 2.52. The van der Waals surface area contributed by atoms with Crippen molar-refractivity contribution in [1.29, 1.82) is 5.26 Å². The van der Waals surface area contributed by atoms with Crippen molar-refractivity contribution >= 4 is 17.3 Å². The molecular formula is C27H29F2N3O3. The number of nitrogens with zero attached hydrogens (tertiary/aromatic N) is 2. The summed E-state index contributed by atoms with van der Waals surface area (Å²) in [7, 11) is 0. The molecule has 2 aromatic rings. The lowest BCUT2D eigenvalue weighted by molar-refractivity contribution is -0.286. The van der Waals surface area contributed by atoms with Crippen molar-refractivity contribution in [1.82, 2.24) is 0 Å². The first-order valence-corrected chi connectivity index (χ1v) is 12.1. The van der Waals surface area contributed by atoms with Gasteiger partial charge in [-0.2, -0.15) is 5.26 Å². The van der Waals surface area contributed by atoms with Crippen molar-refractivity contribution < 1.29 is 23.0 Å². The molecule has 0 spiro atoms. The SMILES string of the molecule is CCC(C)(C)C1Cc2cc(NC(=O)C3(c4ccc5c(c4)OC(F)(F)O5)CC3)ccc2N1CCC#N. The zero-order valence-corrected chi connectivity index (χ0v) is 20.2. The average Bonchev–Trinajstić information content (AvgIpc) is 3.45. The van der Waals surface area contributed by atoms with Crippen LogP contribution in [0.1, 0.15) is 57.6 Å². The summed E-state index contributed by atoms with van der Waals surface area (Å²) in [6, 6.07) is 13.0. The molecule has 1 N–H and O–H groups in total. The lowest BCUT2D eigenvalue weighted by Crippen LogP contribution is -2.43. The number of halogens is 2. The largest absolute Gasteiger partial charge is 0.586 e. The molecule has 1 unspecified atom stereocenters. The Morgan fingerprint density at radius 2 is 1.94 bits per heavy atom. The first-order chi connectivity index (χ1) is 16.6. The monoisotopic (exact) mass is 481 g/mol. The quantitative estimate of drug-likeness (QED) is 0.544. The summed E-state index contributed by atoms with van der Waals surface area (Å²) in [5.41, 5.74) is 2.93. The second-order valence-corrected chi connectivity index (χ2v) is 10.4. The molecule has 1 fully saturated rings. The van der Waals surface area contributed by atoms with E-state index in [-0.39, 0.29) is 28.9 Å². The van der Waals surface area contributed by atoms with Crippen LogP contribution in [0, 0.1) is 16.7 Å². The summed E-state index contributed by atoms with van der Waals surface area (Å²) in [5, 5.41) is 12.2. The third-order valence-electron chi connectivity index (χ3n) is 7.85. The van der Waals surface area contributed by atoms with Crippen LogP contribution in [-0.2, 0) is 16.6 Å². The van der Waals surface area contributed by atoms with Crippen LogP contribution >= 0.6 is 0 Å². The Kier molecular flexibility index (Phi) is 5.42. The maximum atomic E-state index is 13.4. The Morgan fingerprint density at radius 1 is 1.20 bits per heavy atom. The third-order valence-corrected chi connectivity index (χ3v) is 7.85. The van der Waals surface area contributed by atoms with Crippen molar-refractivity contribution in [2.24, 2.45) is 5.41 Å². The fourth-order valence-electron chi connectivity index (χ4n) is 5.24. The van der Waals surface area contributed by atoms with Gasteiger partial charge in [0.05, 0.1) is 17.9 Å². The van der Waals surface area contributed by atoms with Crippen LogP contribution in [0.3, 0.4) is 0 Å². The summed E-state index contributed by atoms with van der Waals surface area (Å²) >= 11 is 0. The van der Waals surface area contributed by atoms with Crippen molar-refractivity contribution in [3.8, 4) is 17.6 Å². The fourth-order valence-corrected chi connectivity index (χ4v) is 5.24. The number of fused-ring (bicyclic) bond motifs is 2. The van der Waals surface area contributed by atoms with Crippen LogP contribution in [0.4, 0.5) is 20.2 Å². The van der Waals surface area contributed by atoms with E-state index >= 15 is 0 Å². The van der Waals surface area contributed by atoms with E-state index in [1.807, 2.05) is 18.2 Å². The molecule has 2 heterocycles. The lowest BCUT2D eigenvalue weighted by atomic mass is 9.80. The minimum atomic E-state index is -3.68. The number of anilines is 2. The second-order valence-electron chi connectivity index (χ2n) is 10.4. The van der Waals surface area contributed by atoms with Gasteiger partial charge >= 0.3 is 6.29 Å². The van der Waals surface area contributed by atoms with Gasteiger partial charge in [-0.25, -0.2) is 0 Å². The molecule has 0 saturated heterocycles. The highest BCUT2D eigenvalue weighted by Gasteiger charge is 2.53. The number of nitrogens with one attached hydrogen (secondary N) is 1. The molecule has 8 heteroatoms. The summed E-state index contributed by atoms with van der Waals surface area (Å²) < 4.78 is 35.9. The lowest BCUT2D eigenvalue weighted by Gasteiger charge is -2.38. The van der Waals surface area contributed by atoms with Gasteiger partial charge in [0.1, 0.15) is 0 Å². The van der Waals surface area contributed by atoms with E-state index in [2.05, 4.69) is 46.5 Å². The van der Waals surface area contributed by atoms with Gasteiger partial charge in [-0.15, -0.1) is 8.78 Å². The molecule has 2 aliphatic heterocycles. The number of carbonyl (C=O) groups is 1. The number of alkyl halides is 2. The molecule has 1 amide bonds. The smallest absolute Gasteiger partial charge is 0.395 e. The van der Waals surface area contributed by atoms with Gasteiger partial charge < -0.3 is 19.7 Å². The summed E-state index contributed by atoms with van der Waals surface area (Å²) in [5.74, 6) is -0.238. The molecule has 0 aromatic heterocycles. The fraction of sp³-hybridized carbons (Fsp3) is 0.481. The summed E-state index contributed by atoms with van der Waals surface area (Å²) in [4.78, 5) is 15.7. The van der Waals surface area contributed by atoms with E-state index in [1.165, 1.54) is 12.1 Å². The molecule has 5 rings (SSSR count). The van der Waals surface area contributed by atoms with E-state index in [1.54, 1.807) is 6.07 Å². The topological polar surface area (TPSA) is 74.6 Å². The zero-order chi connectivity index (χ0) is 25.0. The van der Waals surface area contributed by atoms with Crippen molar-refractivity contribution in [3.05, 3.63) is 47.5 Å². The second kappa shape index (κ2) is 8.11. The van der Waals surface area contributed by atoms with Crippen molar-refractivity contribution in [2.75, 3.05) is 16.8 Å². The standard InChI is InChI=1S/C27H29F2N3O3/c1-4-25(2,3)23-15-17-14-19(7-8-20(17)32(23)13-5-12-30)31-24(33)26(10-11-26)18-6-9-21-22(16-18)35-27(28,29)34-21/h6-9,14,16,23H,4-5,10-11,13,15H2,1-3H3,(H,31,33). The Bertz CT molecular complexity index is 1220. The number of ether oxygens (including phenoxy) is 2. The third kappa shape index (κ3) is 4.07. The molecule has 1 atom stereocenters. The normalized spacial score (nSPS) is 20.8. The average molecular weight is 482 g/mol. The van der Waals surface area contributed by atoms with E-state index < -0.39 is 11.7 Å². The number of carbonyl (C=O) groups excluding carboxylic acids is 1. The maximum absolute atomic E-state index is 13.4. The number of benzene rings is 2. The number of nitriles is 1. The Labute approximate surface area is 203 Å². The Morgan fingerprint density at radius 3 is 2.63 bits per heavy atom. The van der Waals surface area contributed by atoms with Gasteiger partial charge in [-0.3, -0.25) is 4.79 Å². The number of hydrogen-bond acceptors (Lipinski definition) is 5. The zero-order valence-electron chi connectivity index (χ0n) is 20.2. The minimum absolute atomic E-state index is 0.0286. The van der Waals surface area contributed by atoms with Crippen molar-refractivity contribution in [3.63, 3.8) is 0 Å². The Hall–Kier alpha value is -3.34. The number of rotatable bonds is 7. The van der Waals surface area contributed by atoms with E-state index in [4.69, 9.17) is 5.26 Å². The predicted octanol–water partition coefficient (Wildman–Crippen LogP) is 5.76. The van der Waals surface area contributed by atoms with Crippen LogP contribution < -0.4 is 19.7 Å². The molecule has 184 valence electrons. The summed E-state index contributed by atoms with van der Waals surface area (Å²) in [6.45, 7) is 7.37. The molecular weight excluding hydrogens is 452 g/mol. The van der Waals surface area contributed by atoms with Crippen LogP contribution in [0.15, 0.2) is 36.4 Å². The van der Waals surface area contributed by atoms with E-state index in [9.17, 15) is 13.6 Å². The van der Waals surface area contributed by atoms with Gasteiger partial charge in [0.2, 0.25) is 5.91 Å². The molecule has 35 heavy (non-hydrogen) atoms. The van der Waals surface area contributed by atoms with Gasteiger partial charge in [0.25, 0.3) is 0 Å². The van der Waals surface area contributed by atoms with E-state index in [0.29, 0.717) is 37.1 Å². The van der Waals surface area contributed by atoms with Crippen LogP contribution in [0.25, 0.3) is 0 Å². The van der Waals surface area contributed by atoms with Crippen LogP contribution in [0.2, 0.25) is 0 Å². The number of amides is 1. The molecule has 3 aliphatic rings. The molecule has 2 aromatic carbocycles. The Balaban J connectivity index is 1.36. The maximum Gasteiger partial charge on any atom is 0.586 e. The first kappa shape index (κ1) is 23.4. The molecule has 1 saturated carbocycles. The summed E-state index contributed by atoms with van der Waals surface area (Å²) in [6.07, 6.45) is -0.0913.